The molecule has 2 N–H and O–H groups in total. The smallest absolute Gasteiger partial charge is 0.355 e. The van der Waals surface area contributed by atoms with Crippen molar-refractivity contribution >= 4 is 22.4 Å². The molecule has 0 spiro atoms. The van der Waals surface area contributed by atoms with Crippen molar-refractivity contribution in [2.24, 2.45) is 0 Å². The zero-order valence-corrected chi connectivity index (χ0v) is 8.07. The highest BCUT2D eigenvalue weighted by Crippen LogP contribution is 2.21. The fourth-order valence-electron chi connectivity index (χ4n) is 0.835. The van der Waals surface area contributed by atoms with Crippen molar-refractivity contribution < 1.29 is 18.7 Å². The van der Waals surface area contributed by atoms with Gasteiger partial charge in [0.25, 0.3) is 6.43 Å². The summed E-state index contributed by atoms with van der Waals surface area (Å²) in [7, 11) is 0. The van der Waals surface area contributed by atoms with Crippen molar-refractivity contribution in [3.8, 4) is 0 Å². The van der Waals surface area contributed by atoms with Crippen molar-refractivity contribution in [3.05, 3.63) is 10.6 Å². The van der Waals surface area contributed by atoms with Gasteiger partial charge < -0.3 is 10.4 Å². The number of hydrogen-bond acceptors (Lipinski definition) is 4. The molecule has 0 aromatic carbocycles. The summed E-state index contributed by atoms with van der Waals surface area (Å²) in [5.74, 6) is -1.15. The first-order valence-electron chi connectivity index (χ1n) is 3.73. The highest BCUT2D eigenvalue weighted by atomic mass is 32.1. The second-order valence-electron chi connectivity index (χ2n) is 2.50. The predicted molar refractivity (Wildman–Crippen MR) is 48.3 cm³/mol. The molecule has 4 nitrogen and oxygen atoms in total. The van der Waals surface area contributed by atoms with Crippen LogP contribution in [0.5, 0.6) is 0 Å². The summed E-state index contributed by atoms with van der Waals surface area (Å²) in [5.41, 5.74) is -0.0910. The van der Waals surface area contributed by atoms with Gasteiger partial charge in [-0.15, -0.1) is 11.3 Å². The van der Waals surface area contributed by atoms with Crippen LogP contribution in [0.1, 0.15) is 15.4 Å². The Morgan fingerprint density at radius 2 is 2.36 bits per heavy atom. The summed E-state index contributed by atoms with van der Waals surface area (Å²) >= 11 is 1.05. The van der Waals surface area contributed by atoms with Crippen molar-refractivity contribution in [1.82, 2.24) is 4.98 Å². The molecule has 1 aromatic rings. The number of nitrogens with zero attached hydrogens (tertiary/aromatic N) is 1. The van der Waals surface area contributed by atoms with Gasteiger partial charge in [-0.25, -0.2) is 18.6 Å². The summed E-state index contributed by atoms with van der Waals surface area (Å²) < 4.78 is 23.6. The van der Waals surface area contributed by atoms with E-state index in [1.54, 1.807) is 6.92 Å². The van der Waals surface area contributed by atoms with E-state index < -0.39 is 18.9 Å². The molecule has 0 aliphatic heterocycles. The quantitative estimate of drug-likeness (QED) is 0.815. The average molecular weight is 222 g/mol. The minimum absolute atomic E-state index is 0.0910. The molecule has 0 amide bonds. The zero-order valence-electron chi connectivity index (χ0n) is 7.25. The molecular weight excluding hydrogens is 214 g/mol. The Kier molecular flexibility index (Phi) is 3.34. The molecule has 0 saturated heterocycles. The van der Waals surface area contributed by atoms with Crippen LogP contribution in [0.3, 0.4) is 0 Å². The van der Waals surface area contributed by atoms with Gasteiger partial charge in [-0.3, -0.25) is 0 Å². The fraction of sp³-hybridized carbons (Fsp3) is 0.429. The topological polar surface area (TPSA) is 62.2 Å². The van der Waals surface area contributed by atoms with Gasteiger partial charge in [-0.05, 0) is 6.92 Å². The maximum atomic E-state index is 11.8. The van der Waals surface area contributed by atoms with Crippen LogP contribution in [-0.4, -0.2) is 29.0 Å². The number of carboxylic acid groups (broad SMARTS) is 1. The molecule has 0 saturated carbocycles. The van der Waals surface area contributed by atoms with Gasteiger partial charge in [0, 0.05) is 4.88 Å². The maximum Gasteiger partial charge on any atom is 0.355 e. The van der Waals surface area contributed by atoms with E-state index in [4.69, 9.17) is 5.11 Å². The van der Waals surface area contributed by atoms with Gasteiger partial charge in [0.15, 0.2) is 10.8 Å². The van der Waals surface area contributed by atoms with Crippen molar-refractivity contribution in [1.29, 1.82) is 0 Å². The number of aromatic nitrogens is 1. The number of aryl methyl sites for hydroxylation is 1. The molecule has 0 unspecified atom stereocenters. The molecule has 0 fully saturated rings. The number of nitrogens with one attached hydrogen (secondary N) is 1. The standard InChI is InChI=1S/C7H8F2N2O2S/c1-3-5(6(12)13)11-7(14-3)10-2-4(8)9/h4H,2H2,1H3,(H,10,11)(H,12,13). The molecule has 1 rings (SSSR count). The Labute approximate surface area is 82.6 Å². The highest BCUT2D eigenvalue weighted by Gasteiger charge is 2.14. The largest absolute Gasteiger partial charge is 0.476 e. The van der Waals surface area contributed by atoms with Crippen LogP contribution in [-0.2, 0) is 0 Å². The van der Waals surface area contributed by atoms with Gasteiger partial charge in [-0.1, -0.05) is 0 Å². The number of hydrogen-bond donors (Lipinski definition) is 2. The fourth-order valence-corrected chi connectivity index (χ4v) is 1.65. The van der Waals surface area contributed by atoms with Gasteiger partial charge in [-0.2, -0.15) is 0 Å². The lowest BCUT2D eigenvalue weighted by Crippen LogP contribution is -2.10. The van der Waals surface area contributed by atoms with E-state index in [0.717, 1.165) is 11.3 Å². The molecule has 0 bridgehead atoms. The van der Waals surface area contributed by atoms with Crippen LogP contribution >= 0.6 is 11.3 Å². The van der Waals surface area contributed by atoms with Crippen molar-refractivity contribution in [2.75, 3.05) is 11.9 Å². The number of alkyl halides is 2. The van der Waals surface area contributed by atoms with Crippen LogP contribution in [0.25, 0.3) is 0 Å². The van der Waals surface area contributed by atoms with Crippen LogP contribution in [0.4, 0.5) is 13.9 Å². The monoisotopic (exact) mass is 222 g/mol. The Morgan fingerprint density at radius 3 is 2.79 bits per heavy atom. The van der Waals surface area contributed by atoms with Gasteiger partial charge in [0.2, 0.25) is 0 Å². The maximum absolute atomic E-state index is 11.8. The molecule has 0 radical (unpaired) electrons. The lowest BCUT2D eigenvalue weighted by Gasteiger charge is -1.98. The Morgan fingerprint density at radius 1 is 1.71 bits per heavy atom. The first kappa shape index (κ1) is 10.8. The van der Waals surface area contributed by atoms with E-state index in [9.17, 15) is 13.6 Å². The van der Waals surface area contributed by atoms with Crippen molar-refractivity contribution in [2.45, 2.75) is 13.3 Å². The van der Waals surface area contributed by atoms with Crippen LogP contribution in [0.2, 0.25) is 0 Å². The molecule has 7 heteroatoms. The number of halogens is 2. The van der Waals surface area contributed by atoms with E-state index in [1.165, 1.54) is 0 Å². The number of rotatable bonds is 4. The lowest BCUT2D eigenvalue weighted by molar-refractivity contribution is 0.0690. The molecule has 14 heavy (non-hydrogen) atoms. The molecular formula is C7H8F2N2O2S. The molecule has 0 atom stereocenters. The lowest BCUT2D eigenvalue weighted by atomic mass is 10.4. The molecule has 0 aliphatic carbocycles. The third-order valence-electron chi connectivity index (χ3n) is 1.41. The van der Waals surface area contributed by atoms with Crippen molar-refractivity contribution in [3.63, 3.8) is 0 Å². The first-order valence-corrected chi connectivity index (χ1v) is 4.55. The Hall–Kier alpha value is -1.24. The van der Waals surface area contributed by atoms with Crippen LogP contribution in [0, 0.1) is 6.92 Å². The Bertz CT molecular complexity index is 340. The number of carboxylic acids is 1. The van der Waals surface area contributed by atoms with E-state index >= 15 is 0 Å². The van der Waals surface area contributed by atoms with Gasteiger partial charge >= 0.3 is 5.97 Å². The third kappa shape index (κ3) is 2.63. The SMILES string of the molecule is Cc1sc(NCC(F)F)nc1C(=O)O. The zero-order chi connectivity index (χ0) is 10.7. The highest BCUT2D eigenvalue weighted by molar-refractivity contribution is 7.15. The molecule has 1 aromatic heterocycles. The second kappa shape index (κ2) is 4.32. The van der Waals surface area contributed by atoms with Gasteiger partial charge in [0.05, 0.1) is 6.54 Å². The number of thiazole rings is 1. The first-order chi connectivity index (χ1) is 6.50. The number of carbonyl (C=O) groups is 1. The minimum Gasteiger partial charge on any atom is -0.476 e. The summed E-state index contributed by atoms with van der Waals surface area (Å²) in [4.78, 5) is 14.7. The minimum atomic E-state index is -2.48. The predicted octanol–water partition coefficient (Wildman–Crippen LogP) is 1.83. The molecule has 0 aliphatic rings. The summed E-state index contributed by atoms with van der Waals surface area (Å²) in [6, 6.07) is 0. The summed E-state index contributed by atoms with van der Waals surface area (Å²) in [6.07, 6.45) is -2.48. The summed E-state index contributed by atoms with van der Waals surface area (Å²) in [5, 5.41) is 11.2. The molecule has 78 valence electrons. The third-order valence-corrected chi connectivity index (χ3v) is 2.34. The van der Waals surface area contributed by atoms with E-state index in [-0.39, 0.29) is 10.8 Å². The van der Waals surface area contributed by atoms with Gasteiger partial charge in [0.1, 0.15) is 0 Å². The normalized spacial score (nSPS) is 10.6. The summed E-state index contributed by atoms with van der Waals surface area (Å²) in [6.45, 7) is 1.06. The number of aromatic carboxylic acids is 1. The van der Waals surface area contributed by atoms with Crippen LogP contribution in [0.15, 0.2) is 0 Å². The number of anilines is 1. The Balaban J connectivity index is 2.71. The van der Waals surface area contributed by atoms with E-state index in [1.807, 2.05) is 0 Å². The average Bonchev–Trinajstić information content (AvgIpc) is 2.43. The van der Waals surface area contributed by atoms with Crippen LogP contribution < -0.4 is 5.32 Å². The van der Waals surface area contributed by atoms with E-state index in [0.29, 0.717) is 4.88 Å². The van der Waals surface area contributed by atoms with E-state index in [2.05, 4.69) is 10.3 Å². The second-order valence-corrected chi connectivity index (χ2v) is 3.70. The molecule has 1 heterocycles.